The van der Waals surface area contributed by atoms with E-state index in [-0.39, 0.29) is 31.6 Å². The predicted molar refractivity (Wildman–Crippen MR) is 76.1 cm³/mol. The number of hydrogen-bond acceptors (Lipinski definition) is 4. The Bertz CT molecular complexity index is 484. The van der Waals surface area contributed by atoms with Gasteiger partial charge in [-0.2, -0.15) is 5.26 Å². The van der Waals surface area contributed by atoms with E-state index >= 15 is 0 Å². The van der Waals surface area contributed by atoms with Gasteiger partial charge in [-0.1, -0.05) is 18.2 Å². The van der Waals surface area contributed by atoms with Gasteiger partial charge >= 0.3 is 0 Å². The molecule has 1 saturated heterocycles. The van der Waals surface area contributed by atoms with Gasteiger partial charge in [-0.25, -0.2) is 0 Å². The number of nitrogens with zero attached hydrogens (tertiary/aromatic N) is 3. The maximum atomic E-state index is 12.4. The van der Waals surface area contributed by atoms with E-state index in [4.69, 9.17) is 5.26 Å². The molecule has 106 valence electrons. The first kappa shape index (κ1) is 14.5. The number of para-hydroxylation sites is 1. The average Bonchev–Trinajstić information content (AvgIpc) is 2.92. The molecule has 5 nitrogen and oxygen atoms in total. The number of benzene rings is 1. The fourth-order valence-electron chi connectivity index (χ4n) is 2.57. The molecule has 0 bridgehead atoms. The van der Waals surface area contributed by atoms with E-state index in [1.807, 2.05) is 41.3 Å². The Morgan fingerprint density at radius 3 is 2.85 bits per heavy atom. The molecular formula is C15H19N3O2. The van der Waals surface area contributed by atoms with Crippen LogP contribution in [0.5, 0.6) is 0 Å². The number of nitriles is 1. The summed E-state index contributed by atoms with van der Waals surface area (Å²) >= 11 is 0. The first-order valence-electron chi connectivity index (χ1n) is 6.83. The lowest BCUT2D eigenvalue weighted by Gasteiger charge is -2.26. The summed E-state index contributed by atoms with van der Waals surface area (Å²) in [6, 6.07) is 11.3. The lowest BCUT2D eigenvalue weighted by Crippen LogP contribution is -2.43. The Hall–Kier alpha value is -1.90. The second-order valence-electron chi connectivity index (χ2n) is 4.92. The van der Waals surface area contributed by atoms with Crippen molar-refractivity contribution in [2.45, 2.75) is 18.9 Å². The zero-order chi connectivity index (χ0) is 14.4. The Morgan fingerprint density at radius 2 is 2.20 bits per heavy atom. The minimum absolute atomic E-state index is 0.0421. The molecule has 1 N–H and O–H groups in total. The monoisotopic (exact) mass is 273 g/mol. The minimum Gasteiger partial charge on any atom is -0.395 e. The van der Waals surface area contributed by atoms with E-state index in [9.17, 15) is 9.90 Å². The Morgan fingerprint density at radius 1 is 1.45 bits per heavy atom. The Kier molecular flexibility index (Phi) is 5.10. The van der Waals surface area contributed by atoms with Crippen molar-refractivity contribution in [1.82, 2.24) is 4.90 Å². The van der Waals surface area contributed by atoms with Gasteiger partial charge in [0.15, 0.2) is 0 Å². The van der Waals surface area contributed by atoms with Crippen LogP contribution in [0.15, 0.2) is 30.3 Å². The van der Waals surface area contributed by atoms with E-state index < -0.39 is 0 Å². The molecular weight excluding hydrogens is 254 g/mol. The molecule has 0 unspecified atom stereocenters. The van der Waals surface area contributed by atoms with Crippen LogP contribution in [0.25, 0.3) is 0 Å². The first-order chi connectivity index (χ1) is 9.76. The van der Waals surface area contributed by atoms with E-state index in [1.165, 1.54) is 4.90 Å². The lowest BCUT2D eigenvalue weighted by atomic mass is 10.2. The fraction of sp³-hybridized carbons (Fsp3) is 0.467. The van der Waals surface area contributed by atoms with Gasteiger partial charge in [-0.05, 0) is 31.5 Å². The zero-order valence-electron chi connectivity index (χ0n) is 11.4. The summed E-state index contributed by atoms with van der Waals surface area (Å²) in [5, 5.41) is 18.2. The number of aliphatic hydroxyl groups is 1. The number of amides is 1. The van der Waals surface area contributed by atoms with E-state index in [2.05, 4.69) is 0 Å². The molecule has 20 heavy (non-hydrogen) atoms. The normalized spacial score (nSPS) is 18.7. The van der Waals surface area contributed by atoms with Gasteiger partial charge < -0.3 is 5.11 Å². The van der Waals surface area contributed by atoms with Crippen LogP contribution in [0.4, 0.5) is 5.69 Å². The molecule has 2 rings (SSSR count). The van der Waals surface area contributed by atoms with Crippen molar-refractivity contribution < 1.29 is 9.90 Å². The van der Waals surface area contributed by atoms with Crippen LogP contribution < -0.4 is 4.90 Å². The molecule has 1 aliphatic heterocycles. The molecule has 0 aromatic heterocycles. The second-order valence-corrected chi connectivity index (χ2v) is 4.92. The maximum Gasteiger partial charge on any atom is 0.242 e. The summed E-state index contributed by atoms with van der Waals surface area (Å²) in [4.78, 5) is 15.9. The Balaban J connectivity index is 2.06. The van der Waals surface area contributed by atoms with E-state index in [0.717, 1.165) is 25.1 Å². The number of carbonyl (C=O) groups excluding carboxylic acids is 1. The molecule has 0 spiro atoms. The van der Waals surface area contributed by atoms with Crippen molar-refractivity contribution in [3.8, 4) is 6.07 Å². The molecule has 0 radical (unpaired) electrons. The molecule has 5 heteroatoms. The van der Waals surface area contributed by atoms with Gasteiger partial charge in [0.1, 0.15) is 6.54 Å². The van der Waals surface area contributed by atoms with Crippen LogP contribution in [0.3, 0.4) is 0 Å². The number of rotatable bonds is 5. The van der Waals surface area contributed by atoms with E-state index in [1.54, 1.807) is 0 Å². The van der Waals surface area contributed by atoms with Crippen LogP contribution in [0.2, 0.25) is 0 Å². The maximum absolute atomic E-state index is 12.4. The third-order valence-corrected chi connectivity index (χ3v) is 3.65. The second kappa shape index (κ2) is 7.04. The van der Waals surface area contributed by atoms with Crippen LogP contribution in [0, 0.1) is 11.3 Å². The van der Waals surface area contributed by atoms with Gasteiger partial charge in [-0.3, -0.25) is 14.6 Å². The van der Waals surface area contributed by atoms with Gasteiger partial charge in [0.05, 0.1) is 19.2 Å². The van der Waals surface area contributed by atoms with Gasteiger partial charge in [0.25, 0.3) is 0 Å². The zero-order valence-corrected chi connectivity index (χ0v) is 11.4. The molecule has 1 amide bonds. The molecule has 1 heterocycles. The first-order valence-corrected chi connectivity index (χ1v) is 6.83. The molecule has 1 aromatic carbocycles. The number of anilines is 1. The molecule has 1 aliphatic rings. The van der Waals surface area contributed by atoms with Gasteiger partial charge in [0, 0.05) is 11.7 Å². The van der Waals surface area contributed by atoms with Crippen molar-refractivity contribution in [1.29, 1.82) is 5.26 Å². The standard InChI is InChI=1S/C15H19N3O2/c16-8-10-18(13-5-2-1-3-6-13)15(20)11-17-9-4-7-14(17)12-19/h1-3,5-6,14,19H,4,7,9-12H2/t14-/m1/s1. The van der Waals surface area contributed by atoms with Crippen LogP contribution in [-0.4, -0.2) is 48.2 Å². The summed E-state index contributed by atoms with van der Waals surface area (Å²) in [7, 11) is 0. The van der Waals surface area contributed by atoms with Gasteiger partial charge in [0.2, 0.25) is 5.91 Å². The van der Waals surface area contributed by atoms with Crippen molar-refractivity contribution >= 4 is 11.6 Å². The average molecular weight is 273 g/mol. The number of hydrogen-bond donors (Lipinski definition) is 1. The van der Waals surface area contributed by atoms with Crippen molar-refractivity contribution in [3.63, 3.8) is 0 Å². The predicted octanol–water partition coefficient (Wildman–Crippen LogP) is 1.000. The summed E-state index contributed by atoms with van der Waals surface area (Å²) in [6.07, 6.45) is 1.93. The van der Waals surface area contributed by atoms with Gasteiger partial charge in [-0.15, -0.1) is 0 Å². The number of likely N-dealkylation sites (tertiary alicyclic amines) is 1. The lowest BCUT2D eigenvalue weighted by molar-refractivity contribution is -0.120. The minimum atomic E-state index is -0.0990. The SMILES string of the molecule is N#CCN(C(=O)CN1CCC[C@@H]1CO)c1ccccc1. The highest BCUT2D eigenvalue weighted by Gasteiger charge is 2.27. The van der Waals surface area contributed by atoms with E-state index in [0.29, 0.717) is 0 Å². The smallest absolute Gasteiger partial charge is 0.242 e. The summed E-state index contributed by atoms with van der Waals surface area (Å²) in [5.74, 6) is -0.0990. The van der Waals surface area contributed by atoms with Crippen molar-refractivity contribution in [2.75, 3.05) is 31.1 Å². The summed E-state index contributed by atoms with van der Waals surface area (Å²) in [5.41, 5.74) is 0.735. The summed E-state index contributed by atoms with van der Waals surface area (Å²) in [6.45, 7) is 1.20. The third kappa shape index (κ3) is 3.35. The quantitative estimate of drug-likeness (QED) is 0.813. The summed E-state index contributed by atoms with van der Waals surface area (Å²) < 4.78 is 0. The fourth-order valence-corrected chi connectivity index (χ4v) is 2.57. The molecule has 1 atom stereocenters. The highest BCUT2D eigenvalue weighted by molar-refractivity contribution is 5.95. The van der Waals surface area contributed by atoms with Crippen LogP contribution >= 0.6 is 0 Å². The van der Waals surface area contributed by atoms with Crippen molar-refractivity contribution in [2.24, 2.45) is 0 Å². The molecule has 1 fully saturated rings. The topological polar surface area (TPSA) is 67.6 Å². The van der Waals surface area contributed by atoms with Crippen LogP contribution in [0.1, 0.15) is 12.8 Å². The number of carbonyl (C=O) groups is 1. The molecule has 0 saturated carbocycles. The number of aliphatic hydroxyl groups excluding tert-OH is 1. The van der Waals surface area contributed by atoms with Crippen molar-refractivity contribution in [3.05, 3.63) is 30.3 Å². The Labute approximate surface area is 119 Å². The molecule has 1 aromatic rings. The third-order valence-electron chi connectivity index (χ3n) is 3.65. The van der Waals surface area contributed by atoms with Crippen LogP contribution in [-0.2, 0) is 4.79 Å². The largest absolute Gasteiger partial charge is 0.395 e. The highest BCUT2D eigenvalue weighted by atomic mass is 16.3. The highest BCUT2D eigenvalue weighted by Crippen LogP contribution is 2.18. The molecule has 0 aliphatic carbocycles.